The zero-order valence-electron chi connectivity index (χ0n) is 15.9. The van der Waals surface area contributed by atoms with Gasteiger partial charge in [0.1, 0.15) is 6.61 Å². The van der Waals surface area contributed by atoms with Crippen molar-refractivity contribution in [2.24, 2.45) is 7.05 Å². The van der Waals surface area contributed by atoms with Crippen molar-refractivity contribution in [2.75, 3.05) is 0 Å². The molecule has 0 aliphatic heterocycles. The maximum atomic E-state index is 5.99. The lowest BCUT2D eigenvalue weighted by Gasteiger charge is -2.07. The molecule has 0 aliphatic rings. The Morgan fingerprint density at radius 3 is 2.29 bits per heavy atom. The topological polar surface area (TPSA) is 65.7 Å². The number of hydrogen-bond acceptors (Lipinski definition) is 5. The molecule has 0 bridgehead atoms. The number of ether oxygens (including phenoxy) is 1. The molecule has 140 valence electrons. The molecule has 4 rings (SSSR count). The van der Waals surface area contributed by atoms with Gasteiger partial charge >= 0.3 is 0 Å². The molecule has 0 amide bonds. The van der Waals surface area contributed by atoms with Crippen molar-refractivity contribution in [3.63, 3.8) is 0 Å². The van der Waals surface area contributed by atoms with E-state index < -0.39 is 0 Å². The van der Waals surface area contributed by atoms with Gasteiger partial charge in [0.05, 0.1) is 5.56 Å². The molecule has 3 heterocycles. The van der Waals surface area contributed by atoms with E-state index in [1.807, 2.05) is 62.0 Å². The van der Waals surface area contributed by atoms with E-state index >= 15 is 0 Å². The lowest BCUT2D eigenvalue weighted by molar-refractivity contribution is 0.292. The third-order valence-electron chi connectivity index (χ3n) is 4.49. The Morgan fingerprint density at radius 1 is 0.893 bits per heavy atom. The summed E-state index contributed by atoms with van der Waals surface area (Å²) in [6.45, 7) is 2.53. The van der Waals surface area contributed by atoms with E-state index in [1.165, 1.54) is 0 Å². The first kappa shape index (κ1) is 17.9. The number of aryl methyl sites for hydroxylation is 2. The van der Waals surface area contributed by atoms with Crippen LogP contribution in [-0.2, 0) is 20.1 Å². The standard InChI is InChI=1S/C22H21N5O/c1-3-16-12-24-21(25-13-16)19-6-4-17(5-7-19)15-28-22-20(14-27(2)26-22)18-8-10-23-11-9-18/h4-14H,3,15H2,1-2H3. The maximum Gasteiger partial charge on any atom is 0.241 e. The molecule has 0 spiro atoms. The molecule has 0 saturated carbocycles. The van der Waals surface area contributed by atoms with Gasteiger partial charge in [0, 0.05) is 43.6 Å². The predicted octanol–water partition coefficient (Wildman–Crippen LogP) is 4.08. The first-order chi connectivity index (χ1) is 13.7. The monoisotopic (exact) mass is 371 g/mol. The second kappa shape index (κ2) is 8.00. The van der Waals surface area contributed by atoms with E-state index in [4.69, 9.17) is 4.74 Å². The fourth-order valence-corrected chi connectivity index (χ4v) is 2.89. The van der Waals surface area contributed by atoms with Crippen LogP contribution in [-0.4, -0.2) is 24.7 Å². The average molecular weight is 371 g/mol. The molecule has 0 unspecified atom stereocenters. The van der Waals surface area contributed by atoms with Crippen molar-refractivity contribution in [1.29, 1.82) is 0 Å². The Kier molecular flexibility index (Phi) is 5.10. The summed E-state index contributed by atoms with van der Waals surface area (Å²) in [7, 11) is 1.89. The summed E-state index contributed by atoms with van der Waals surface area (Å²) in [4.78, 5) is 12.9. The Balaban J connectivity index is 1.47. The third kappa shape index (κ3) is 3.91. The fourth-order valence-electron chi connectivity index (χ4n) is 2.89. The highest BCUT2D eigenvalue weighted by Crippen LogP contribution is 2.28. The quantitative estimate of drug-likeness (QED) is 0.511. The highest BCUT2D eigenvalue weighted by molar-refractivity contribution is 5.67. The molecule has 4 aromatic rings. The molecule has 28 heavy (non-hydrogen) atoms. The van der Waals surface area contributed by atoms with Crippen LogP contribution in [0.25, 0.3) is 22.5 Å². The van der Waals surface area contributed by atoms with Gasteiger partial charge in [0.2, 0.25) is 5.88 Å². The van der Waals surface area contributed by atoms with Gasteiger partial charge in [-0.05, 0) is 35.2 Å². The van der Waals surface area contributed by atoms with E-state index in [9.17, 15) is 0 Å². The maximum absolute atomic E-state index is 5.99. The zero-order valence-corrected chi connectivity index (χ0v) is 15.9. The van der Waals surface area contributed by atoms with E-state index in [0.29, 0.717) is 12.5 Å². The number of hydrogen-bond donors (Lipinski definition) is 0. The van der Waals surface area contributed by atoms with Crippen LogP contribution in [0, 0.1) is 0 Å². The number of aromatic nitrogens is 5. The lowest BCUT2D eigenvalue weighted by Crippen LogP contribution is -1.98. The largest absolute Gasteiger partial charge is 0.471 e. The molecule has 6 heteroatoms. The molecule has 6 nitrogen and oxygen atoms in total. The smallest absolute Gasteiger partial charge is 0.241 e. The van der Waals surface area contributed by atoms with Crippen LogP contribution < -0.4 is 4.74 Å². The summed E-state index contributed by atoms with van der Waals surface area (Å²) in [6.07, 6.45) is 10.2. The first-order valence-electron chi connectivity index (χ1n) is 9.20. The van der Waals surface area contributed by atoms with E-state index in [2.05, 4.69) is 27.0 Å². The van der Waals surface area contributed by atoms with Crippen molar-refractivity contribution in [3.8, 4) is 28.4 Å². The van der Waals surface area contributed by atoms with E-state index in [1.54, 1.807) is 17.1 Å². The Labute approximate surface area is 163 Å². The molecular weight excluding hydrogens is 350 g/mol. The summed E-state index contributed by atoms with van der Waals surface area (Å²) in [5.41, 5.74) is 5.16. The highest BCUT2D eigenvalue weighted by Gasteiger charge is 2.11. The van der Waals surface area contributed by atoms with Gasteiger partial charge in [0.25, 0.3) is 0 Å². The SMILES string of the molecule is CCc1cnc(-c2ccc(COc3nn(C)cc3-c3ccncc3)cc2)nc1. The fraction of sp³-hybridized carbons (Fsp3) is 0.182. The Bertz CT molecular complexity index is 1040. The van der Waals surface area contributed by atoms with E-state index in [0.717, 1.165) is 40.1 Å². The van der Waals surface area contributed by atoms with Crippen LogP contribution in [0.3, 0.4) is 0 Å². The van der Waals surface area contributed by atoms with Crippen LogP contribution in [0.4, 0.5) is 0 Å². The zero-order chi connectivity index (χ0) is 19.3. The number of benzene rings is 1. The van der Waals surface area contributed by atoms with Gasteiger partial charge < -0.3 is 4.74 Å². The third-order valence-corrected chi connectivity index (χ3v) is 4.49. The summed E-state index contributed by atoms with van der Waals surface area (Å²) >= 11 is 0. The molecular formula is C22H21N5O. The Morgan fingerprint density at radius 2 is 1.61 bits per heavy atom. The van der Waals surface area contributed by atoms with Gasteiger partial charge in [-0.3, -0.25) is 9.67 Å². The van der Waals surface area contributed by atoms with Crippen molar-refractivity contribution in [3.05, 3.63) is 78.5 Å². The number of pyridine rings is 1. The molecule has 0 atom stereocenters. The molecule has 0 radical (unpaired) electrons. The van der Waals surface area contributed by atoms with Crippen LogP contribution in [0.1, 0.15) is 18.1 Å². The molecule has 1 aromatic carbocycles. The highest BCUT2D eigenvalue weighted by atomic mass is 16.5. The number of nitrogens with zero attached hydrogens (tertiary/aromatic N) is 5. The van der Waals surface area contributed by atoms with Crippen molar-refractivity contribution in [2.45, 2.75) is 20.0 Å². The van der Waals surface area contributed by atoms with Gasteiger partial charge in [-0.2, -0.15) is 0 Å². The van der Waals surface area contributed by atoms with Crippen LogP contribution >= 0.6 is 0 Å². The minimum Gasteiger partial charge on any atom is -0.471 e. The summed E-state index contributed by atoms with van der Waals surface area (Å²) in [5, 5.41) is 4.44. The normalized spacial score (nSPS) is 10.8. The summed E-state index contributed by atoms with van der Waals surface area (Å²) < 4.78 is 7.75. The second-order valence-corrected chi connectivity index (χ2v) is 6.51. The second-order valence-electron chi connectivity index (χ2n) is 6.51. The van der Waals surface area contributed by atoms with Gasteiger partial charge in [-0.15, -0.1) is 5.10 Å². The minimum absolute atomic E-state index is 0.436. The van der Waals surface area contributed by atoms with Gasteiger partial charge in [-0.25, -0.2) is 9.97 Å². The summed E-state index contributed by atoms with van der Waals surface area (Å²) in [5.74, 6) is 1.34. The van der Waals surface area contributed by atoms with Crippen molar-refractivity contribution in [1.82, 2.24) is 24.7 Å². The van der Waals surface area contributed by atoms with Gasteiger partial charge in [0.15, 0.2) is 5.82 Å². The first-order valence-corrected chi connectivity index (χ1v) is 9.20. The minimum atomic E-state index is 0.436. The lowest BCUT2D eigenvalue weighted by atomic mass is 10.1. The molecule has 0 N–H and O–H groups in total. The molecule has 0 aliphatic carbocycles. The van der Waals surface area contributed by atoms with E-state index in [-0.39, 0.29) is 0 Å². The predicted molar refractivity (Wildman–Crippen MR) is 108 cm³/mol. The van der Waals surface area contributed by atoms with Crippen LogP contribution in [0.15, 0.2) is 67.4 Å². The molecule has 3 aromatic heterocycles. The van der Waals surface area contributed by atoms with Crippen molar-refractivity contribution >= 4 is 0 Å². The van der Waals surface area contributed by atoms with Crippen LogP contribution in [0.2, 0.25) is 0 Å². The molecule has 0 saturated heterocycles. The van der Waals surface area contributed by atoms with Gasteiger partial charge in [-0.1, -0.05) is 31.2 Å². The van der Waals surface area contributed by atoms with Crippen molar-refractivity contribution < 1.29 is 4.74 Å². The average Bonchev–Trinajstić information content (AvgIpc) is 3.14. The Hall–Kier alpha value is -3.54. The summed E-state index contributed by atoms with van der Waals surface area (Å²) in [6, 6.07) is 12.0. The van der Waals surface area contributed by atoms with Crippen LogP contribution in [0.5, 0.6) is 5.88 Å². The molecule has 0 fully saturated rings. The number of rotatable bonds is 6.